The van der Waals surface area contributed by atoms with Gasteiger partial charge < -0.3 is 4.43 Å². The van der Waals surface area contributed by atoms with E-state index in [4.69, 9.17) is 4.43 Å². The van der Waals surface area contributed by atoms with Gasteiger partial charge in [0.1, 0.15) is 0 Å². The summed E-state index contributed by atoms with van der Waals surface area (Å²) in [6, 6.07) is 0. The monoisotopic (exact) mass is 182 g/mol. The summed E-state index contributed by atoms with van der Waals surface area (Å²) < 4.78 is 6.03. The molecular weight excluding hydrogens is 164 g/mol. The molecule has 0 saturated heterocycles. The lowest BCUT2D eigenvalue weighted by atomic mass is 10.1. The molecule has 0 heterocycles. The largest absolute Gasteiger partial charge is 0.547 e. The minimum absolute atomic E-state index is 0.793. The van der Waals surface area contributed by atoms with Crippen LogP contribution >= 0.6 is 0 Å². The summed E-state index contributed by atoms with van der Waals surface area (Å²) in [6.45, 7) is 6.79. The molecule has 1 nitrogen and oxygen atoms in total. The third-order valence-corrected chi connectivity index (χ3v) is 3.55. The van der Waals surface area contributed by atoms with E-state index in [1.807, 2.05) is 0 Å². The van der Waals surface area contributed by atoms with Gasteiger partial charge in [-0.1, -0.05) is 0 Å². The fourth-order valence-electron chi connectivity index (χ4n) is 2.27. The number of hydrogen-bond donors (Lipinski definition) is 0. The molecule has 68 valence electrons. The SMILES string of the molecule is C[Si](C)(C)OC1=C[C@H]2CC[C@@H]1C2. The molecular formula is C10H18OSi. The van der Waals surface area contributed by atoms with Gasteiger partial charge in [0.2, 0.25) is 8.32 Å². The fourth-order valence-corrected chi connectivity index (χ4v) is 3.21. The maximum atomic E-state index is 6.03. The molecule has 2 aliphatic rings. The minimum Gasteiger partial charge on any atom is -0.547 e. The fraction of sp³-hybridized carbons (Fsp3) is 0.800. The summed E-state index contributed by atoms with van der Waals surface area (Å²) in [5.41, 5.74) is 0. The van der Waals surface area contributed by atoms with Gasteiger partial charge in [0, 0.05) is 5.92 Å². The van der Waals surface area contributed by atoms with Gasteiger partial charge in [0.05, 0.1) is 5.76 Å². The molecule has 0 spiro atoms. The highest BCUT2D eigenvalue weighted by Crippen LogP contribution is 2.44. The van der Waals surface area contributed by atoms with Crippen LogP contribution in [0.25, 0.3) is 0 Å². The Kier molecular flexibility index (Phi) is 1.83. The number of fused-ring (bicyclic) bond motifs is 2. The van der Waals surface area contributed by atoms with Gasteiger partial charge in [-0.05, 0) is 50.9 Å². The minimum atomic E-state index is -1.33. The van der Waals surface area contributed by atoms with Crippen LogP contribution in [0.2, 0.25) is 19.6 Å². The quantitative estimate of drug-likeness (QED) is 0.596. The van der Waals surface area contributed by atoms with Gasteiger partial charge in [0.25, 0.3) is 0 Å². The highest BCUT2D eigenvalue weighted by atomic mass is 28.4. The lowest BCUT2D eigenvalue weighted by Gasteiger charge is -2.24. The van der Waals surface area contributed by atoms with Crippen molar-refractivity contribution in [3.05, 3.63) is 11.8 Å². The third kappa shape index (κ3) is 1.58. The Hall–Kier alpha value is -0.243. The van der Waals surface area contributed by atoms with Gasteiger partial charge in [-0.25, -0.2) is 0 Å². The van der Waals surface area contributed by atoms with Crippen LogP contribution in [0, 0.1) is 11.8 Å². The molecule has 2 rings (SSSR count). The Morgan fingerprint density at radius 3 is 2.50 bits per heavy atom. The second-order valence-corrected chi connectivity index (χ2v) is 9.48. The molecule has 0 aliphatic heterocycles. The Bertz CT molecular complexity index is 214. The molecule has 0 aromatic carbocycles. The summed E-state index contributed by atoms with van der Waals surface area (Å²) in [4.78, 5) is 0. The lowest BCUT2D eigenvalue weighted by molar-refractivity contribution is 0.351. The highest BCUT2D eigenvalue weighted by molar-refractivity contribution is 6.70. The van der Waals surface area contributed by atoms with E-state index in [0.717, 1.165) is 11.8 Å². The van der Waals surface area contributed by atoms with Gasteiger partial charge >= 0.3 is 0 Å². The molecule has 1 fully saturated rings. The summed E-state index contributed by atoms with van der Waals surface area (Å²) in [5.74, 6) is 2.99. The molecule has 2 atom stereocenters. The first-order valence-electron chi connectivity index (χ1n) is 4.95. The van der Waals surface area contributed by atoms with Crippen molar-refractivity contribution in [1.82, 2.24) is 0 Å². The van der Waals surface area contributed by atoms with Crippen molar-refractivity contribution in [2.24, 2.45) is 11.8 Å². The van der Waals surface area contributed by atoms with Crippen LogP contribution in [0.4, 0.5) is 0 Å². The molecule has 0 aromatic rings. The van der Waals surface area contributed by atoms with Crippen LogP contribution in [-0.2, 0) is 4.43 Å². The summed E-state index contributed by atoms with van der Waals surface area (Å²) in [5, 5.41) is 0. The number of allylic oxidation sites excluding steroid dienone is 2. The smallest absolute Gasteiger partial charge is 0.241 e. The summed E-state index contributed by atoms with van der Waals surface area (Å²) in [7, 11) is -1.33. The van der Waals surface area contributed by atoms with Gasteiger partial charge in [0.15, 0.2) is 0 Å². The van der Waals surface area contributed by atoms with Crippen molar-refractivity contribution in [3.63, 3.8) is 0 Å². The van der Waals surface area contributed by atoms with Crippen LogP contribution in [-0.4, -0.2) is 8.32 Å². The molecule has 0 unspecified atom stereocenters. The van der Waals surface area contributed by atoms with E-state index < -0.39 is 8.32 Å². The third-order valence-electron chi connectivity index (χ3n) is 2.70. The first-order valence-corrected chi connectivity index (χ1v) is 8.36. The molecule has 2 aliphatic carbocycles. The van der Waals surface area contributed by atoms with E-state index in [2.05, 4.69) is 25.7 Å². The molecule has 2 heteroatoms. The average Bonchev–Trinajstić information content (AvgIpc) is 2.42. The van der Waals surface area contributed by atoms with Gasteiger partial charge in [-0.15, -0.1) is 0 Å². The van der Waals surface area contributed by atoms with E-state index in [-0.39, 0.29) is 0 Å². The van der Waals surface area contributed by atoms with E-state index in [1.165, 1.54) is 25.0 Å². The molecule has 1 saturated carbocycles. The molecule has 2 bridgehead atoms. The van der Waals surface area contributed by atoms with E-state index in [0.29, 0.717) is 0 Å². The number of rotatable bonds is 2. The van der Waals surface area contributed by atoms with Crippen LogP contribution in [0.1, 0.15) is 19.3 Å². The zero-order chi connectivity index (χ0) is 8.77. The highest BCUT2D eigenvalue weighted by Gasteiger charge is 2.35. The summed E-state index contributed by atoms with van der Waals surface area (Å²) in [6.07, 6.45) is 6.54. The Balaban J connectivity index is 2.02. The van der Waals surface area contributed by atoms with Crippen molar-refractivity contribution >= 4 is 8.32 Å². The maximum Gasteiger partial charge on any atom is 0.241 e. The van der Waals surface area contributed by atoms with E-state index in [1.54, 1.807) is 0 Å². The average molecular weight is 182 g/mol. The standard InChI is InChI=1S/C10H18OSi/c1-12(2,3)11-10-7-8-4-5-9(10)6-8/h7-9H,4-6H2,1-3H3/t8-,9+/m0/s1. The Morgan fingerprint density at radius 2 is 2.08 bits per heavy atom. The van der Waals surface area contributed by atoms with Crippen molar-refractivity contribution in [2.75, 3.05) is 0 Å². The predicted octanol–water partition coefficient (Wildman–Crippen LogP) is 3.15. The van der Waals surface area contributed by atoms with Crippen molar-refractivity contribution in [3.8, 4) is 0 Å². The second-order valence-electron chi connectivity index (χ2n) is 5.05. The normalized spacial score (nSPS) is 33.8. The van der Waals surface area contributed by atoms with Gasteiger partial charge in [-0.3, -0.25) is 0 Å². The van der Waals surface area contributed by atoms with E-state index >= 15 is 0 Å². The molecule has 0 radical (unpaired) electrons. The van der Waals surface area contributed by atoms with Crippen LogP contribution in [0.3, 0.4) is 0 Å². The van der Waals surface area contributed by atoms with Crippen LogP contribution in [0.5, 0.6) is 0 Å². The first kappa shape index (κ1) is 8.36. The van der Waals surface area contributed by atoms with Crippen molar-refractivity contribution in [2.45, 2.75) is 38.9 Å². The molecule has 0 amide bonds. The zero-order valence-corrected chi connectivity index (χ0v) is 9.26. The zero-order valence-electron chi connectivity index (χ0n) is 8.26. The Morgan fingerprint density at radius 1 is 1.33 bits per heavy atom. The lowest BCUT2D eigenvalue weighted by Crippen LogP contribution is -2.26. The molecule has 0 aromatic heterocycles. The van der Waals surface area contributed by atoms with E-state index in [9.17, 15) is 0 Å². The first-order chi connectivity index (χ1) is 5.54. The topological polar surface area (TPSA) is 9.23 Å². The maximum absolute atomic E-state index is 6.03. The van der Waals surface area contributed by atoms with Crippen molar-refractivity contribution in [1.29, 1.82) is 0 Å². The van der Waals surface area contributed by atoms with Crippen molar-refractivity contribution < 1.29 is 4.43 Å². The van der Waals surface area contributed by atoms with Crippen LogP contribution in [0.15, 0.2) is 11.8 Å². The van der Waals surface area contributed by atoms with Gasteiger partial charge in [-0.2, -0.15) is 0 Å². The Labute approximate surface area is 75.9 Å². The summed E-state index contributed by atoms with van der Waals surface area (Å²) >= 11 is 0. The number of hydrogen-bond acceptors (Lipinski definition) is 1. The molecule has 0 N–H and O–H groups in total. The second kappa shape index (κ2) is 2.62. The van der Waals surface area contributed by atoms with Crippen LogP contribution < -0.4 is 0 Å². The predicted molar refractivity (Wildman–Crippen MR) is 53.3 cm³/mol. The molecule has 12 heavy (non-hydrogen) atoms.